The van der Waals surface area contributed by atoms with Crippen molar-refractivity contribution in [1.29, 1.82) is 5.26 Å². The Hall–Kier alpha value is -1.25. The molecule has 0 aromatic heterocycles. The molecule has 2 rings (SSSR count). The molecule has 1 aromatic rings. The Kier molecular flexibility index (Phi) is 8.28. The number of nitriles is 1. The van der Waals surface area contributed by atoms with Gasteiger partial charge in [-0.2, -0.15) is 5.26 Å². The van der Waals surface area contributed by atoms with Crippen LogP contribution in [-0.2, 0) is 0 Å². The topological polar surface area (TPSA) is 59.3 Å². The Morgan fingerprint density at radius 3 is 2.55 bits per heavy atom. The van der Waals surface area contributed by atoms with Gasteiger partial charge in [-0.3, -0.25) is 4.90 Å². The summed E-state index contributed by atoms with van der Waals surface area (Å²) in [5, 5.41) is 22.2. The third-order valence-electron chi connectivity index (χ3n) is 3.24. The van der Waals surface area contributed by atoms with E-state index in [1.165, 1.54) is 0 Å². The highest BCUT2D eigenvalue weighted by Gasteiger charge is 2.22. The lowest BCUT2D eigenvalue weighted by Crippen LogP contribution is -2.44. The van der Waals surface area contributed by atoms with Gasteiger partial charge in [-0.05, 0) is 18.2 Å². The van der Waals surface area contributed by atoms with Crippen LogP contribution in [0.3, 0.4) is 0 Å². The molecule has 0 radical (unpaired) electrons. The summed E-state index contributed by atoms with van der Waals surface area (Å²) in [6, 6.07) is 7.00. The molecule has 1 heterocycles. The van der Waals surface area contributed by atoms with E-state index in [0.717, 1.165) is 31.7 Å². The molecule has 0 unspecified atom stereocenters. The lowest BCUT2D eigenvalue weighted by molar-refractivity contribution is 0.201. The van der Waals surface area contributed by atoms with E-state index in [-0.39, 0.29) is 36.6 Å². The van der Waals surface area contributed by atoms with Gasteiger partial charge in [0, 0.05) is 31.7 Å². The summed E-state index contributed by atoms with van der Waals surface area (Å²) in [4.78, 5) is 2.25. The molecule has 1 atom stereocenters. The number of halogens is 2. The maximum atomic E-state index is 9.96. The van der Waals surface area contributed by atoms with E-state index in [4.69, 9.17) is 5.26 Å². The summed E-state index contributed by atoms with van der Waals surface area (Å²) >= 11 is 0. The van der Waals surface area contributed by atoms with Crippen LogP contribution in [0.25, 0.3) is 0 Å². The standard InChI is InChI=1S/C14H17N3O.2ClH/c1-2-13(17-7-5-16-6-8-17)12-9-11(10-15)3-4-14(12)18;;/h2-4,9,13,16,18H,1,5-8H2;2*1H/t13-;;/m0../s1. The number of nitrogens with zero attached hydrogens (tertiary/aromatic N) is 2. The molecule has 0 aliphatic carbocycles. The Balaban J connectivity index is 0.00000180. The second kappa shape index (κ2) is 8.83. The highest BCUT2D eigenvalue weighted by atomic mass is 35.5. The SMILES string of the molecule is C=C[C@@H](c1cc(C#N)ccc1O)N1CCNCC1.Cl.Cl. The maximum Gasteiger partial charge on any atom is 0.120 e. The average molecular weight is 316 g/mol. The first-order chi connectivity index (χ1) is 8.76. The van der Waals surface area contributed by atoms with Crippen LogP contribution in [0.2, 0.25) is 0 Å². The molecule has 20 heavy (non-hydrogen) atoms. The summed E-state index contributed by atoms with van der Waals surface area (Å²) in [6.45, 7) is 7.54. The van der Waals surface area contributed by atoms with Crippen LogP contribution in [0.1, 0.15) is 17.2 Å². The van der Waals surface area contributed by atoms with Gasteiger partial charge in [-0.1, -0.05) is 6.08 Å². The molecule has 6 heteroatoms. The monoisotopic (exact) mass is 315 g/mol. The summed E-state index contributed by atoms with van der Waals surface area (Å²) in [7, 11) is 0. The Bertz CT molecular complexity index is 482. The number of phenolic OH excluding ortho intramolecular Hbond substituents is 1. The van der Waals surface area contributed by atoms with Gasteiger partial charge in [0.05, 0.1) is 17.7 Å². The summed E-state index contributed by atoms with van der Waals surface area (Å²) < 4.78 is 0. The molecular formula is C14H19Cl2N3O. The van der Waals surface area contributed by atoms with Gasteiger partial charge in [0.2, 0.25) is 0 Å². The van der Waals surface area contributed by atoms with Crippen molar-refractivity contribution in [2.45, 2.75) is 6.04 Å². The van der Waals surface area contributed by atoms with Gasteiger partial charge < -0.3 is 10.4 Å². The zero-order valence-corrected chi connectivity index (χ0v) is 12.7. The fourth-order valence-corrected chi connectivity index (χ4v) is 2.29. The van der Waals surface area contributed by atoms with Gasteiger partial charge in [0.1, 0.15) is 5.75 Å². The van der Waals surface area contributed by atoms with Crippen LogP contribution in [0.4, 0.5) is 0 Å². The van der Waals surface area contributed by atoms with Crippen LogP contribution < -0.4 is 5.32 Å². The molecular weight excluding hydrogens is 297 g/mol. The smallest absolute Gasteiger partial charge is 0.120 e. The maximum absolute atomic E-state index is 9.96. The molecule has 4 nitrogen and oxygen atoms in total. The number of rotatable bonds is 3. The van der Waals surface area contributed by atoms with Crippen LogP contribution in [-0.4, -0.2) is 36.2 Å². The van der Waals surface area contributed by atoms with Crippen LogP contribution in [0.15, 0.2) is 30.9 Å². The van der Waals surface area contributed by atoms with Crippen molar-refractivity contribution in [2.24, 2.45) is 0 Å². The molecule has 1 fully saturated rings. The normalized spacial score (nSPS) is 16.1. The Morgan fingerprint density at radius 2 is 2.00 bits per heavy atom. The second-order valence-electron chi connectivity index (χ2n) is 4.35. The number of hydrogen-bond acceptors (Lipinski definition) is 4. The highest BCUT2D eigenvalue weighted by Crippen LogP contribution is 2.30. The molecule has 1 aromatic carbocycles. The minimum absolute atomic E-state index is 0. The summed E-state index contributed by atoms with van der Waals surface area (Å²) in [6.07, 6.45) is 1.82. The van der Waals surface area contributed by atoms with Crippen LogP contribution in [0, 0.1) is 11.3 Å². The van der Waals surface area contributed by atoms with Gasteiger partial charge in [0.25, 0.3) is 0 Å². The first-order valence-corrected chi connectivity index (χ1v) is 6.06. The predicted octanol–water partition coefficient (Wildman–Crippen LogP) is 2.24. The lowest BCUT2D eigenvalue weighted by atomic mass is 10.0. The lowest BCUT2D eigenvalue weighted by Gasteiger charge is -2.33. The number of hydrogen-bond donors (Lipinski definition) is 2. The van der Waals surface area contributed by atoms with Crippen molar-refractivity contribution in [3.63, 3.8) is 0 Å². The molecule has 0 spiro atoms. The predicted molar refractivity (Wildman–Crippen MR) is 84.7 cm³/mol. The molecule has 110 valence electrons. The van der Waals surface area contributed by atoms with Gasteiger partial charge in [-0.25, -0.2) is 0 Å². The van der Waals surface area contributed by atoms with E-state index < -0.39 is 0 Å². The number of phenols is 1. The quantitative estimate of drug-likeness (QED) is 0.840. The number of piperazine rings is 1. The zero-order valence-electron chi connectivity index (χ0n) is 11.1. The Labute approximate surface area is 131 Å². The third kappa shape index (κ3) is 4.12. The first kappa shape index (κ1) is 18.8. The first-order valence-electron chi connectivity index (χ1n) is 6.06. The van der Waals surface area contributed by atoms with Crippen molar-refractivity contribution in [1.82, 2.24) is 10.2 Å². The fraction of sp³-hybridized carbons (Fsp3) is 0.357. The van der Waals surface area contributed by atoms with E-state index in [1.54, 1.807) is 18.2 Å². The molecule has 1 saturated heterocycles. The number of benzene rings is 1. The molecule has 0 saturated carbocycles. The minimum atomic E-state index is -0.0413. The van der Waals surface area contributed by atoms with Crippen LogP contribution >= 0.6 is 24.8 Å². The van der Waals surface area contributed by atoms with E-state index in [2.05, 4.69) is 22.9 Å². The van der Waals surface area contributed by atoms with E-state index >= 15 is 0 Å². The molecule has 1 aliphatic rings. The molecule has 0 amide bonds. The van der Waals surface area contributed by atoms with E-state index in [0.29, 0.717) is 5.56 Å². The Morgan fingerprint density at radius 1 is 1.35 bits per heavy atom. The molecule has 1 aliphatic heterocycles. The van der Waals surface area contributed by atoms with E-state index in [1.807, 2.05) is 6.08 Å². The van der Waals surface area contributed by atoms with Crippen molar-refractivity contribution >= 4 is 24.8 Å². The second-order valence-corrected chi connectivity index (χ2v) is 4.35. The van der Waals surface area contributed by atoms with E-state index in [9.17, 15) is 5.11 Å². The molecule has 0 bridgehead atoms. The van der Waals surface area contributed by atoms with Gasteiger partial charge in [0.15, 0.2) is 0 Å². The summed E-state index contributed by atoms with van der Waals surface area (Å²) in [5.74, 6) is 0.220. The van der Waals surface area contributed by atoms with Crippen molar-refractivity contribution in [2.75, 3.05) is 26.2 Å². The summed E-state index contributed by atoms with van der Waals surface area (Å²) in [5.41, 5.74) is 1.32. The van der Waals surface area contributed by atoms with Gasteiger partial charge in [-0.15, -0.1) is 31.4 Å². The fourth-order valence-electron chi connectivity index (χ4n) is 2.29. The van der Waals surface area contributed by atoms with Crippen molar-refractivity contribution in [3.8, 4) is 11.8 Å². The average Bonchev–Trinajstić information content (AvgIpc) is 2.43. The van der Waals surface area contributed by atoms with Crippen LogP contribution in [0.5, 0.6) is 5.75 Å². The third-order valence-corrected chi connectivity index (χ3v) is 3.24. The minimum Gasteiger partial charge on any atom is -0.508 e. The highest BCUT2D eigenvalue weighted by molar-refractivity contribution is 5.85. The molecule has 2 N–H and O–H groups in total. The van der Waals surface area contributed by atoms with Gasteiger partial charge >= 0.3 is 0 Å². The number of aromatic hydroxyl groups is 1. The number of nitrogens with one attached hydrogen (secondary N) is 1. The zero-order chi connectivity index (χ0) is 13.0. The largest absolute Gasteiger partial charge is 0.508 e. The van der Waals surface area contributed by atoms with Crippen molar-refractivity contribution in [3.05, 3.63) is 42.0 Å². The van der Waals surface area contributed by atoms with Crippen molar-refractivity contribution < 1.29 is 5.11 Å².